The molecule has 2 aromatic rings. The maximum Gasteiger partial charge on any atom is 0.227 e. The SMILES string of the molecule is N#Cc1c(F)cccc1Nc1ncc(I)cn1. The van der Waals surface area contributed by atoms with E-state index in [0.29, 0.717) is 11.6 Å². The number of nitrogens with one attached hydrogen (secondary N) is 1. The van der Waals surface area contributed by atoms with Gasteiger partial charge >= 0.3 is 0 Å². The highest BCUT2D eigenvalue weighted by atomic mass is 127. The molecule has 84 valence electrons. The summed E-state index contributed by atoms with van der Waals surface area (Å²) in [5.41, 5.74) is 0.309. The van der Waals surface area contributed by atoms with Crippen molar-refractivity contribution in [2.75, 3.05) is 5.32 Å². The van der Waals surface area contributed by atoms with Crippen LogP contribution in [0.3, 0.4) is 0 Å². The Labute approximate surface area is 111 Å². The van der Waals surface area contributed by atoms with Crippen LogP contribution in [0.25, 0.3) is 0 Å². The fraction of sp³-hybridized carbons (Fsp3) is 0. The molecule has 1 aromatic heterocycles. The van der Waals surface area contributed by atoms with E-state index in [1.165, 1.54) is 12.1 Å². The van der Waals surface area contributed by atoms with Gasteiger partial charge in [0.2, 0.25) is 5.95 Å². The van der Waals surface area contributed by atoms with Gasteiger partial charge in [0, 0.05) is 16.0 Å². The van der Waals surface area contributed by atoms with Crippen LogP contribution in [0.4, 0.5) is 16.0 Å². The van der Waals surface area contributed by atoms with E-state index in [4.69, 9.17) is 5.26 Å². The molecule has 2 rings (SSSR count). The average molecular weight is 340 g/mol. The standard InChI is InChI=1S/C11H6FIN4/c12-9-2-1-3-10(8(9)4-14)17-11-15-5-7(13)6-16-11/h1-3,5-6H,(H,15,16,17). The van der Waals surface area contributed by atoms with Gasteiger partial charge in [0.1, 0.15) is 17.4 Å². The Morgan fingerprint density at radius 3 is 2.65 bits per heavy atom. The second-order valence-corrected chi connectivity index (χ2v) is 4.37. The van der Waals surface area contributed by atoms with Gasteiger partial charge in [-0.3, -0.25) is 0 Å². The number of rotatable bonds is 2. The lowest BCUT2D eigenvalue weighted by molar-refractivity contribution is 0.624. The Morgan fingerprint density at radius 1 is 1.29 bits per heavy atom. The van der Waals surface area contributed by atoms with Gasteiger partial charge in [-0.05, 0) is 34.7 Å². The fourth-order valence-corrected chi connectivity index (χ4v) is 1.52. The van der Waals surface area contributed by atoms with E-state index < -0.39 is 5.82 Å². The Morgan fingerprint density at radius 2 is 2.00 bits per heavy atom. The highest BCUT2D eigenvalue weighted by Gasteiger charge is 2.08. The monoisotopic (exact) mass is 340 g/mol. The van der Waals surface area contributed by atoms with Crippen LogP contribution < -0.4 is 5.32 Å². The summed E-state index contributed by atoms with van der Waals surface area (Å²) in [6.45, 7) is 0. The van der Waals surface area contributed by atoms with Crippen LogP contribution in [0, 0.1) is 20.7 Å². The van der Waals surface area contributed by atoms with Crippen molar-refractivity contribution >= 4 is 34.2 Å². The Hall–Kier alpha value is -1.75. The number of hydrogen-bond acceptors (Lipinski definition) is 4. The Kier molecular flexibility index (Phi) is 3.49. The predicted octanol–water partition coefficient (Wildman–Crippen LogP) is 2.84. The first-order chi connectivity index (χ1) is 8.20. The first-order valence-electron chi connectivity index (χ1n) is 4.64. The largest absolute Gasteiger partial charge is 0.323 e. The third kappa shape index (κ3) is 2.68. The molecule has 6 heteroatoms. The maximum atomic E-state index is 13.3. The quantitative estimate of drug-likeness (QED) is 0.854. The van der Waals surface area contributed by atoms with E-state index in [0.717, 1.165) is 3.57 Å². The van der Waals surface area contributed by atoms with Gasteiger partial charge in [-0.15, -0.1) is 0 Å². The lowest BCUT2D eigenvalue weighted by atomic mass is 10.2. The minimum absolute atomic E-state index is 0.0466. The van der Waals surface area contributed by atoms with Crippen molar-refractivity contribution in [3.05, 3.63) is 45.5 Å². The van der Waals surface area contributed by atoms with Gasteiger partial charge in [0.15, 0.2) is 0 Å². The molecule has 17 heavy (non-hydrogen) atoms. The molecule has 0 aliphatic carbocycles. The molecule has 0 bridgehead atoms. The van der Waals surface area contributed by atoms with E-state index in [9.17, 15) is 4.39 Å². The van der Waals surface area contributed by atoms with E-state index in [1.807, 2.05) is 0 Å². The fourth-order valence-electron chi connectivity index (χ4n) is 1.24. The van der Waals surface area contributed by atoms with Gasteiger partial charge < -0.3 is 5.32 Å². The average Bonchev–Trinajstić information content (AvgIpc) is 2.32. The number of hydrogen-bond donors (Lipinski definition) is 1. The molecule has 0 fully saturated rings. The number of aromatic nitrogens is 2. The highest BCUT2D eigenvalue weighted by molar-refractivity contribution is 14.1. The number of benzene rings is 1. The molecule has 0 aliphatic rings. The van der Waals surface area contributed by atoms with Crippen LogP contribution in [0.15, 0.2) is 30.6 Å². The first-order valence-corrected chi connectivity index (χ1v) is 5.72. The summed E-state index contributed by atoms with van der Waals surface area (Å²) >= 11 is 2.08. The Balaban J connectivity index is 2.34. The summed E-state index contributed by atoms with van der Waals surface area (Å²) in [6.07, 6.45) is 3.25. The van der Waals surface area contributed by atoms with Crippen molar-refractivity contribution in [1.82, 2.24) is 9.97 Å². The zero-order valence-electron chi connectivity index (χ0n) is 8.48. The van der Waals surface area contributed by atoms with Gasteiger partial charge in [-0.2, -0.15) is 5.26 Å². The minimum atomic E-state index is -0.567. The predicted molar refractivity (Wildman–Crippen MR) is 69.1 cm³/mol. The second-order valence-electron chi connectivity index (χ2n) is 3.12. The van der Waals surface area contributed by atoms with Crippen LogP contribution in [0.1, 0.15) is 5.56 Å². The van der Waals surface area contributed by atoms with Crippen molar-refractivity contribution in [2.24, 2.45) is 0 Å². The number of anilines is 2. The molecule has 1 N–H and O–H groups in total. The van der Waals surface area contributed by atoms with Crippen LogP contribution in [-0.4, -0.2) is 9.97 Å². The van der Waals surface area contributed by atoms with Crippen LogP contribution in [0.2, 0.25) is 0 Å². The van der Waals surface area contributed by atoms with Crippen molar-refractivity contribution in [3.8, 4) is 6.07 Å². The molecular weight excluding hydrogens is 334 g/mol. The molecule has 0 amide bonds. The van der Waals surface area contributed by atoms with E-state index in [1.54, 1.807) is 24.5 Å². The third-order valence-corrected chi connectivity index (χ3v) is 2.55. The number of halogens is 2. The van der Waals surface area contributed by atoms with Crippen LogP contribution >= 0.6 is 22.6 Å². The van der Waals surface area contributed by atoms with E-state index in [-0.39, 0.29) is 5.56 Å². The molecule has 0 unspecified atom stereocenters. The van der Waals surface area contributed by atoms with Gasteiger partial charge in [0.25, 0.3) is 0 Å². The van der Waals surface area contributed by atoms with Crippen molar-refractivity contribution in [3.63, 3.8) is 0 Å². The highest BCUT2D eigenvalue weighted by Crippen LogP contribution is 2.20. The van der Waals surface area contributed by atoms with Crippen molar-refractivity contribution in [1.29, 1.82) is 5.26 Å². The zero-order chi connectivity index (χ0) is 12.3. The topological polar surface area (TPSA) is 61.6 Å². The van der Waals surface area contributed by atoms with E-state index in [2.05, 4.69) is 37.9 Å². The van der Waals surface area contributed by atoms with E-state index >= 15 is 0 Å². The number of nitriles is 1. The molecule has 4 nitrogen and oxygen atoms in total. The van der Waals surface area contributed by atoms with Gasteiger partial charge in [-0.25, -0.2) is 14.4 Å². The first kappa shape index (κ1) is 11.7. The lowest BCUT2D eigenvalue weighted by Crippen LogP contribution is -2.00. The molecular formula is C11H6FIN4. The molecule has 0 saturated carbocycles. The summed E-state index contributed by atoms with van der Waals surface area (Å²) in [5, 5.41) is 11.7. The molecule has 1 aromatic carbocycles. The summed E-state index contributed by atoms with van der Waals surface area (Å²) in [6, 6.07) is 6.15. The second kappa shape index (κ2) is 5.05. The number of nitrogens with zero attached hydrogens (tertiary/aromatic N) is 3. The Bertz CT molecular complexity index is 577. The van der Waals surface area contributed by atoms with Gasteiger partial charge in [0.05, 0.1) is 5.69 Å². The molecule has 1 heterocycles. The molecule has 0 atom stereocenters. The molecule has 0 saturated heterocycles. The van der Waals surface area contributed by atoms with Crippen LogP contribution in [-0.2, 0) is 0 Å². The van der Waals surface area contributed by atoms with Crippen molar-refractivity contribution in [2.45, 2.75) is 0 Å². The maximum absolute atomic E-state index is 13.3. The molecule has 0 spiro atoms. The normalized spacial score (nSPS) is 9.71. The summed E-state index contributed by atoms with van der Waals surface area (Å²) in [7, 11) is 0. The zero-order valence-corrected chi connectivity index (χ0v) is 10.6. The summed E-state index contributed by atoms with van der Waals surface area (Å²) < 4.78 is 14.2. The summed E-state index contributed by atoms with van der Waals surface area (Å²) in [4.78, 5) is 8.03. The smallest absolute Gasteiger partial charge is 0.227 e. The third-order valence-electron chi connectivity index (χ3n) is 1.99. The van der Waals surface area contributed by atoms with Gasteiger partial charge in [-0.1, -0.05) is 6.07 Å². The molecule has 0 radical (unpaired) electrons. The lowest BCUT2D eigenvalue weighted by Gasteiger charge is -2.06. The van der Waals surface area contributed by atoms with Crippen molar-refractivity contribution < 1.29 is 4.39 Å². The molecule has 0 aliphatic heterocycles. The van der Waals surface area contributed by atoms with Crippen LogP contribution in [0.5, 0.6) is 0 Å². The summed E-state index contributed by atoms with van der Waals surface area (Å²) in [5.74, 6) is -0.240. The minimum Gasteiger partial charge on any atom is -0.323 e.